The van der Waals surface area contributed by atoms with Crippen LogP contribution in [0.15, 0.2) is 24.3 Å². The molecule has 23 heavy (non-hydrogen) atoms. The molecule has 1 N–H and O–H groups in total. The van der Waals surface area contributed by atoms with Crippen LogP contribution in [0.5, 0.6) is 0 Å². The van der Waals surface area contributed by atoms with Crippen LogP contribution in [0, 0.1) is 23.6 Å². The molecule has 0 spiro atoms. The lowest BCUT2D eigenvalue weighted by atomic mass is 9.84. The van der Waals surface area contributed by atoms with Crippen molar-refractivity contribution < 1.29 is 18.7 Å². The van der Waals surface area contributed by atoms with Crippen molar-refractivity contribution in [2.75, 3.05) is 6.61 Å². The first-order valence-corrected chi connectivity index (χ1v) is 8.25. The number of amides is 1. The van der Waals surface area contributed by atoms with Gasteiger partial charge in [-0.05, 0) is 56.1 Å². The third-order valence-electron chi connectivity index (χ3n) is 5.25. The molecule has 2 aliphatic rings. The number of hydrogen-bond donors (Lipinski definition) is 1. The van der Waals surface area contributed by atoms with Crippen molar-refractivity contribution in [2.24, 2.45) is 17.8 Å². The number of esters is 1. The van der Waals surface area contributed by atoms with Gasteiger partial charge in [-0.1, -0.05) is 18.6 Å². The molecular formula is C18H22FNO3. The van der Waals surface area contributed by atoms with Crippen molar-refractivity contribution in [2.45, 2.75) is 38.6 Å². The van der Waals surface area contributed by atoms with Crippen molar-refractivity contribution in [3.63, 3.8) is 0 Å². The largest absolute Gasteiger partial charge is 0.452 e. The number of carbonyl (C=O) groups excluding carboxylic acids is 2. The monoisotopic (exact) mass is 319 g/mol. The minimum absolute atomic E-state index is 0.0879. The van der Waals surface area contributed by atoms with Gasteiger partial charge in [0, 0.05) is 6.04 Å². The third kappa shape index (κ3) is 3.54. The number of halogens is 1. The molecule has 4 nitrogen and oxygen atoms in total. The zero-order valence-corrected chi connectivity index (χ0v) is 13.3. The van der Waals surface area contributed by atoms with Crippen molar-refractivity contribution in [1.82, 2.24) is 5.32 Å². The molecule has 5 heteroatoms. The molecule has 0 aromatic heterocycles. The number of ether oxygens (including phenoxy) is 1. The summed E-state index contributed by atoms with van der Waals surface area (Å²) < 4.78 is 18.4. The van der Waals surface area contributed by atoms with Crippen molar-refractivity contribution >= 4 is 11.9 Å². The molecule has 0 saturated heterocycles. The lowest BCUT2D eigenvalue weighted by Gasteiger charge is -2.28. The molecule has 2 aliphatic carbocycles. The first-order valence-electron chi connectivity index (χ1n) is 8.25. The van der Waals surface area contributed by atoms with E-state index in [4.69, 9.17) is 4.74 Å². The van der Waals surface area contributed by atoms with E-state index >= 15 is 0 Å². The topological polar surface area (TPSA) is 55.4 Å². The van der Waals surface area contributed by atoms with Gasteiger partial charge in [0.05, 0.1) is 5.56 Å². The van der Waals surface area contributed by atoms with E-state index in [1.807, 2.05) is 6.92 Å². The molecule has 0 radical (unpaired) electrons. The van der Waals surface area contributed by atoms with Gasteiger partial charge >= 0.3 is 5.97 Å². The fourth-order valence-corrected chi connectivity index (χ4v) is 4.14. The maximum absolute atomic E-state index is 13.5. The van der Waals surface area contributed by atoms with Gasteiger partial charge in [-0.2, -0.15) is 0 Å². The third-order valence-corrected chi connectivity index (χ3v) is 5.25. The Morgan fingerprint density at radius 1 is 1.30 bits per heavy atom. The lowest BCUT2D eigenvalue weighted by Crippen LogP contribution is -2.42. The van der Waals surface area contributed by atoms with E-state index in [-0.39, 0.29) is 24.1 Å². The minimum Gasteiger partial charge on any atom is -0.452 e. The van der Waals surface area contributed by atoms with Crippen molar-refractivity contribution in [3.05, 3.63) is 35.6 Å². The summed E-state index contributed by atoms with van der Waals surface area (Å²) in [7, 11) is 0. The molecule has 0 aliphatic heterocycles. The summed E-state index contributed by atoms with van der Waals surface area (Å²) in [6, 6.07) is 5.67. The van der Waals surface area contributed by atoms with Crippen molar-refractivity contribution in [3.8, 4) is 0 Å². The molecule has 2 fully saturated rings. The highest BCUT2D eigenvalue weighted by molar-refractivity contribution is 5.91. The zero-order chi connectivity index (χ0) is 16.4. The highest BCUT2D eigenvalue weighted by Gasteiger charge is 2.42. The Morgan fingerprint density at radius 2 is 2.09 bits per heavy atom. The van der Waals surface area contributed by atoms with Crippen LogP contribution in [0.1, 0.15) is 43.0 Å². The molecule has 0 unspecified atom stereocenters. The number of rotatable bonds is 5. The second kappa shape index (κ2) is 6.69. The van der Waals surface area contributed by atoms with Crippen molar-refractivity contribution in [1.29, 1.82) is 0 Å². The van der Waals surface area contributed by atoms with Crippen LogP contribution in [-0.2, 0) is 9.53 Å². The molecule has 1 aromatic rings. The van der Waals surface area contributed by atoms with E-state index in [0.29, 0.717) is 5.92 Å². The van der Waals surface area contributed by atoms with Gasteiger partial charge in [-0.3, -0.25) is 4.79 Å². The highest BCUT2D eigenvalue weighted by Crippen LogP contribution is 2.49. The van der Waals surface area contributed by atoms with Gasteiger partial charge in [-0.15, -0.1) is 0 Å². The maximum atomic E-state index is 13.5. The first kappa shape index (κ1) is 16.0. The van der Waals surface area contributed by atoms with Crippen LogP contribution in [0.2, 0.25) is 0 Å². The Bertz CT molecular complexity index is 604. The van der Waals surface area contributed by atoms with E-state index in [9.17, 15) is 14.0 Å². The molecule has 1 aromatic carbocycles. The Morgan fingerprint density at radius 3 is 2.74 bits per heavy atom. The molecular weight excluding hydrogens is 297 g/mol. The van der Waals surface area contributed by atoms with Crippen LogP contribution in [0.3, 0.4) is 0 Å². The number of carbonyl (C=O) groups is 2. The van der Waals surface area contributed by atoms with Crippen LogP contribution in [0.4, 0.5) is 4.39 Å². The Balaban J connectivity index is 1.46. The zero-order valence-electron chi connectivity index (χ0n) is 13.3. The number of nitrogens with one attached hydrogen (secondary N) is 1. The van der Waals surface area contributed by atoms with Crippen LogP contribution < -0.4 is 5.32 Å². The van der Waals surface area contributed by atoms with Gasteiger partial charge in [0.15, 0.2) is 6.61 Å². The average Bonchev–Trinajstić information content (AvgIpc) is 3.16. The summed E-state index contributed by atoms with van der Waals surface area (Å²) in [5.41, 5.74) is -0.151. The standard InChI is InChI=1S/C18H22FNO3/c1-11(15-9-12-6-7-13(15)8-12)20-17(21)10-23-18(22)14-4-2-3-5-16(14)19/h2-5,11-13,15H,6-10H2,1H3,(H,20,21)/t11-,12+,13+,15-/m1/s1. The molecule has 3 rings (SSSR count). The van der Waals surface area contributed by atoms with Crippen LogP contribution in [0.25, 0.3) is 0 Å². The maximum Gasteiger partial charge on any atom is 0.341 e. The molecule has 0 heterocycles. The summed E-state index contributed by atoms with van der Waals surface area (Å²) in [6.45, 7) is 1.64. The fourth-order valence-electron chi connectivity index (χ4n) is 4.14. The Hall–Kier alpha value is -1.91. The van der Waals surface area contributed by atoms with E-state index < -0.39 is 11.8 Å². The molecule has 124 valence electrons. The highest BCUT2D eigenvalue weighted by atomic mass is 19.1. The summed E-state index contributed by atoms with van der Waals surface area (Å²) in [4.78, 5) is 23.7. The Kier molecular flexibility index (Phi) is 4.64. The van der Waals surface area contributed by atoms with Crippen LogP contribution >= 0.6 is 0 Å². The molecule has 1 amide bonds. The molecule has 2 bridgehead atoms. The molecule has 2 saturated carbocycles. The average molecular weight is 319 g/mol. The van der Waals surface area contributed by atoms with Gasteiger partial charge in [-0.25, -0.2) is 9.18 Å². The van der Waals surface area contributed by atoms with E-state index in [2.05, 4.69) is 5.32 Å². The normalized spacial score (nSPS) is 26.8. The van der Waals surface area contributed by atoms with E-state index in [1.165, 1.54) is 43.9 Å². The lowest BCUT2D eigenvalue weighted by molar-refractivity contribution is -0.125. The summed E-state index contributed by atoms with van der Waals surface area (Å²) in [6.07, 6.45) is 5.05. The smallest absolute Gasteiger partial charge is 0.341 e. The number of hydrogen-bond acceptors (Lipinski definition) is 3. The summed E-state index contributed by atoms with van der Waals surface area (Å²) >= 11 is 0. The summed E-state index contributed by atoms with van der Waals surface area (Å²) in [5, 5.41) is 2.92. The Labute approximate surface area is 135 Å². The van der Waals surface area contributed by atoms with E-state index in [0.717, 1.165) is 11.8 Å². The first-order chi connectivity index (χ1) is 11.0. The second-order valence-electron chi connectivity index (χ2n) is 6.75. The quantitative estimate of drug-likeness (QED) is 0.849. The number of fused-ring (bicyclic) bond motifs is 2. The van der Waals surface area contributed by atoms with Gasteiger partial charge in [0.1, 0.15) is 5.82 Å². The fraction of sp³-hybridized carbons (Fsp3) is 0.556. The second-order valence-corrected chi connectivity index (χ2v) is 6.75. The SMILES string of the molecule is C[C@@H](NC(=O)COC(=O)c1ccccc1F)[C@H]1C[C@H]2CC[C@H]1C2. The molecule has 4 atom stereocenters. The van der Waals surface area contributed by atoms with Gasteiger partial charge < -0.3 is 10.1 Å². The van der Waals surface area contributed by atoms with Gasteiger partial charge in [0.25, 0.3) is 5.91 Å². The number of benzene rings is 1. The van der Waals surface area contributed by atoms with E-state index in [1.54, 1.807) is 6.07 Å². The predicted molar refractivity (Wildman–Crippen MR) is 83.2 cm³/mol. The minimum atomic E-state index is -0.814. The van der Waals surface area contributed by atoms with Gasteiger partial charge in [0.2, 0.25) is 0 Å². The predicted octanol–water partition coefficient (Wildman–Crippen LogP) is 2.92. The van der Waals surface area contributed by atoms with Crippen LogP contribution in [-0.4, -0.2) is 24.5 Å². The summed E-state index contributed by atoms with van der Waals surface area (Å²) in [5.74, 6) is 0.281.